The second kappa shape index (κ2) is 5.69. The Labute approximate surface area is 97.8 Å². The first-order valence-corrected chi connectivity index (χ1v) is 8.11. The van der Waals surface area contributed by atoms with Gasteiger partial charge >= 0.3 is 6.72 Å². The Hall–Kier alpha value is 0.460. The van der Waals surface area contributed by atoms with Crippen LogP contribution in [0.25, 0.3) is 0 Å². The van der Waals surface area contributed by atoms with Crippen molar-refractivity contribution in [2.24, 2.45) is 0 Å². The van der Waals surface area contributed by atoms with E-state index in [9.17, 15) is 4.57 Å². The van der Waals surface area contributed by atoms with Gasteiger partial charge in [-0.25, -0.2) is 4.67 Å². The fraction of sp³-hybridized carbons (Fsp3) is 1.00. The van der Waals surface area contributed by atoms with Gasteiger partial charge in [-0.05, 0) is 27.9 Å². The second-order valence-corrected chi connectivity index (χ2v) is 9.46. The third-order valence-corrected chi connectivity index (χ3v) is 7.94. The first kappa shape index (κ1) is 15.5. The Balaban J connectivity index is 4.64. The fourth-order valence-electron chi connectivity index (χ4n) is 0.738. The molecule has 0 N–H and O–H groups in total. The molecule has 0 radical (unpaired) electrons. The molecule has 0 spiro atoms. The van der Waals surface area contributed by atoms with Gasteiger partial charge in [0.1, 0.15) is 5.37 Å². The molecule has 2 atom stereocenters. The fourth-order valence-corrected chi connectivity index (χ4v) is 5.28. The van der Waals surface area contributed by atoms with Crippen LogP contribution in [-0.2, 0) is 9.09 Å². The summed E-state index contributed by atoms with van der Waals surface area (Å²) >= 11 is 1.42. The van der Waals surface area contributed by atoms with E-state index in [0.717, 1.165) is 4.48 Å². The normalized spacial score (nSPS) is 18.9. The summed E-state index contributed by atoms with van der Waals surface area (Å²) in [6.45, 7) is 1.71. The predicted molar refractivity (Wildman–Crippen MR) is 68.0 cm³/mol. The molecule has 0 saturated heterocycles. The smallest absolute Gasteiger partial charge is 0.320 e. The molecule has 0 aromatic rings. The molecule has 0 rings (SSSR count). The predicted octanol–water partition coefficient (Wildman–Crippen LogP) is 2.48. The van der Waals surface area contributed by atoms with E-state index in [1.54, 1.807) is 18.8 Å². The van der Waals surface area contributed by atoms with Crippen LogP contribution in [0, 0.1) is 0 Å². The molecule has 92 valence electrons. The highest BCUT2D eigenvalue weighted by Crippen LogP contribution is 2.63. The first-order chi connectivity index (χ1) is 6.63. The molecular formula is C9H24N2O2PS+. The lowest BCUT2D eigenvalue weighted by atomic mass is 10.6. The van der Waals surface area contributed by atoms with Gasteiger partial charge < -0.3 is 9.01 Å². The highest BCUT2D eigenvalue weighted by molar-refractivity contribution is 8.56. The van der Waals surface area contributed by atoms with Crippen molar-refractivity contribution in [1.82, 2.24) is 4.67 Å². The molecule has 0 saturated carbocycles. The molecular weight excluding hydrogens is 231 g/mol. The Morgan fingerprint density at radius 2 is 1.87 bits per heavy atom. The van der Waals surface area contributed by atoms with Crippen molar-refractivity contribution in [3.8, 4) is 0 Å². The van der Waals surface area contributed by atoms with E-state index in [2.05, 4.69) is 28.1 Å². The minimum atomic E-state index is -2.71. The third-order valence-electron chi connectivity index (χ3n) is 2.16. The summed E-state index contributed by atoms with van der Waals surface area (Å²) in [6, 6.07) is 0. The summed E-state index contributed by atoms with van der Waals surface area (Å²) in [5, 5.41) is 0.227. The van der Waals surface area contributed by atoms with E-state index >= 15 is 0 Å². The van der Waals surface area contributed by atoms with Crippen LogP contribution in [-0.4, -0.2) is 56.4 Å². The van der Waals surface area contributed by atoms with Crippen LogP contribution in [0.5, 0.6) is 0 Å². The zero-order valence-corrected chi connectivity index (χ0v) is 12.6. The van der Waals surface area contributed by atoms with E-state index in [-0.39, 0.29) is 5.37 Å². The molecule has 0 aliphatic heterocycles. The van der Waals surface area contributed by atoms with Crippen molar-refractivity contribution in [1.29, 1.82) is 0 Å². The molecule has 6 heteroatoms. The Morgan fingerprint density at radius 1 is 1.40 bits per heavy atom. The molecule has 0 aliphatic rings. The Kier molecular flexibility index (Phi) is 5.86. The van der Waals surface area contributed by atoms with Gasteiger partial charge in [0.15, 0.2) is 0 Å². The van der Waals surface area contributed by atoms with Crippen LogP contribution in [0.15, 0.2) is 0 Å². The number of quaternary nitrogens is 1. The lowest BCUT2D eigenvalue weighted by Gasteiger charge is -2.34. The number of nitrogens with zero attached hydrogens (tertiary/aromatic N) is 2. The standard InChI is InChI=1S/C9H24N2O2PS/c1-8-13-14(12,10(3)4)15-9(2)11(5,6)7/h9H,8H2,1-7H3/q+1. The van der Waals surface area contributed by atoms with Gasteiger partial charge in [-0.3, -0.25) is 4.57 Å². The molecule has 0 aromatic heterocycles. The van der Waals surface area contributed by atoms with E-state index in [0.29, 0.717) is 6.61 Å². The summed E-state index contributed by atoms with van der Waals surface area (Å²) in [7, 11) is 9.86. The maximum atomic E-state index is 12.4. The number of rotatable bonds is 6. The molecule has 0 aliphatic carbocycles. The van der Waals surface area contributed by atoms with E-state index < -0.39 is 6.72 Å². The quantitative estimate of drug-likeness (QED) is 0.414. The second-order valence-electron chi connectivity index (χ2n) is 4.55. The molecule has 0 heterocycles. The summed E-state index contributed by atoms with van der Waals surface area (Å²) in [6.07, 6.45) is 0. The zero-order chi connectivity index (χ0) is 12.3. The van der Waals surface area contributed by atoms with Crippen molar-refractivity contribution in [3.63, 3.8) is 0 Å². The maximum absolute atomic E-state index is 12.4. The topological polar surface area (TPSA) is 29.5 Å². The SMILES string of the molecule is CCOP(=O)(SC(C)[N+](C)(C)C)N(C)C. The third kappa shape index (κ3) is 4.87. The van der Waals surface area contributed by atoms with Gasteiger partial charge in [0.05, 0.1) is 27.7 Å². The van der Waals surface area contributed by atoms with Crippen LogP contribution in [0.3, 0.4) is 0 Å². The van der Waals surface area contributed by atoms with Crippen LogP contribution in [0.4, 0.5) is 0 Å². The van der Waals surface area contributed by atoms with Crippen molar-refractivity contribution in [2.75, 3.05) is 41.8 Å². The van der Waals surface area contributed by atoms with Crippen LogP contribution < -0.4 is 0 Å². The monoisotopic (exact) mass is 255 g/mol. The van der Waals surface area contributed by atoms with E-state index in [1.165, 1.54) is 11.4 Å². The number of hydrogen-bond donors (Lipinski definition) is 0. The van der Waals surface area contributed by atoms with Gasteiger partial charge in [0, 0.05) is 11.4 Å². The van der Waals surface area contributed by atoms with Gasteiger partial charge in [-0.15, -0.1) is 0 Å². The average molecular weight is 255 g/mol. The lowest BCUT2D eigenvalue weighted by Crippen LogP contribution is -2.41. The summed E-state index contributed by atoms with van der Waals surface area (Å²) in [5.74, 6) is 0. The molecule has 0 aromatic carbocycles. The van der Waals surface area contributed by atoms with Crippen LogP contribution in [0.1, 0.15) is 13.8 Å². The van der Waals surface area contributed by atoms with E-state index in [4.69, 9.17) is 4.52 Å². The highest BCUT2D eigenvalue weighted by atomic mass is 32.7. The van der Waals surface area contributed by atoms with Crippen LogP contribution >= 0.6 is 18.1 Å². The summed E-state index contributed by atoms with van der Waals surface area (Å²) < 4.78 is 20.3. The summed E-state index contributed by atoms with van der Waals surface area (Å²) in [4.78, 5) is 0. The minimum absolute atomic E-state index is 0.227. The van der Waals surface area contributed by atoms with Crippen molar-refractivity contribution in [2.45, 2.75) is 19.2 Å². The molecule has 4 nitrogen and oxygen atoms in total. The van der Waals surface area contributed by atoms with Gasteiger partial charge in [-0.1, -0.05) is 0 Å². The average Bonchev–Trinajstić information content (AvgIpc) is 2.02. The zero-order valence-electron chi connectivity index (χ0n) is 10.9. The molecule has 15 heavy (non-hydrogen) atoms. The van der Waals surface area contributed by atoms with Gasteiger partial charge in [-0.2, -0.15) is 0 Å². The van der Waals surface area contributed by atoms with Crippen molar-refractivity contribution < 1.29 is 13.6 Å². The molecule has 2 unspecified atom stereocenters. The maximum Gasteiger partial charge on any atom is 0.334 e. The van der Waals surface area contributed by atoms with Gasteiger partial charge in [0.25, 0.3) is 0 Å². The van der Waals surface area contributed by atoms with Crippen LogP contribution in [0.2, 0.25) is 0 Å². The molecule has 0 fully saturated rings. The van der Waals surface area contributed by atoms with Crippen molar-refractivity contribution in [3.05, 3.63) is 0 Å². The highest BCUT2D eigenvalue weighted by Gasteiger charge is 2.34. The van der Waals surface area contributed by atoms with Crippen molar-refractivity contribution >= 4 is 18.1 Å². The Bertz CT molecular complexity index is 241. The van der Waals surface area contributed by atoms with Gasteiger partial charge in [0.2, 0.25) is 0 Å². The lowest BCUT2D eigenvalue weighted by molar-refractivity contribution is -0.878. The minimum Gasteiger partial charge on any atom is -0.320 e. The first-order valence-electron chi connectivity index (χ1n) is 5.05. The van der Waals surface area contributed by atoms with E-state index in [1.807, 2.05) is 6.92 Å². The largest absolute Gasteiger partial charge is 0.334 e. The Morgan fingerprint density at radius 3 is 2.13 bits per heavy atom. The summed E-state index contributed by atoms with van der Waals surface area (Å²) in [5.41, 5.74) is 0. The molecule has 0 amide bonds. The number of hydrogen-bond acceptors (Lipinski definition) is 3. The molecule has 0 bridgehead atoms.